The Balaban J connectivity index is 1.87. The van der Waals surface area contributed by atoms with Gasteiger partial charge in [0.15, 0.2) is 12.2 Å². The van der Waals surface area contributed by atoms with E-state index in [-0.39, 0.29) is 5.88 Å². The zero-order valence-corrected chi connectivity index (χ0v) is 13.7. The van der Waals surface area contributed by atoms with E-state index in [0.29, 0.717) is 11.1 Å². The molecule has 6 nitrogen and oxygen atoms in total. The molecule has 1 aliphatic rings. The van der Waals surface area contributed by atoms with Gasteiger partial charge in [-0.3, -0.25) is 0 Å². The van der Waals surface area contributed by atoms with Gasteiger partial charge in [-0.25, -0.2) is 4.98 Å². The van der Waals surface area contributed by atoms with E-state index in [1.54, 1.807) is 42.5 Å². The van der Waals surface area contributed by atoms with Crippen LogP contribution in [0.3, 0.4) is 0 Å². The number of benzene rings is 1. The molecule has 130 valence electrons. The lowest BCUT2D eigenvalue weighted by Crippen LogP contribution is -2.53. The van der Waals surface area contributed by atoms with Crippen molar-refractivity contribution in [2.24, 2.45) is 0 Å². The maximum absolute atomic E-state index is 13.0. The van der Waals surface area contributed by atoms with Crippen molar-refractivity contribution in [1.29, 1.82) is 5.26 Å². The first-order valence-electron chi connectivity index (χ1n) is 7.51. The van der Waals surface area contributed by atoms with Gasteiger partial charge in [0.2, 0.25) is 5.88 Å². The number of thioether (sulfide) groups is 1. The maximum Gasteiger partial charge on any atom is 0.213 e. The fraction of sp³-hybridized carbons (Fsp3) is 0.294. The zero-order valence-electron chi connectivity index (χ0n) is 12.9. The number of nitrogens with zero attached hydrogens (tertiary/aromatic N) is 2. The summed E-state index contributed by atoms with van der Waals surface area (Å²) in [4.78, 5) is 7.84. The largest absolute Gasteiger partial charge is 0.468 e. The first-order valence-corrected chi connectivity index (χ1v) is 8.45. The summed E-state index contributed by atoms with van der Waals surface area (Å²) < 4.78 is 18.5. The van der Waals surface area contributed by atoms with Gasteiger partial charge in [-0.1, -0.05) is 18.2 Å². The third-order valence-corrected chi connectivity index (χ3v) is 5.29. The van der Waals surface area contributed by atoms with Gasteiger partial charge in [0.05, 0.1) is 16.9 Å². The van der Waals surface area contributed by atoms with E-state index in [2.05, 4.69) is 9.93 Å². The van der Waals surface area contributed by atoms with E-state index < -0.39 is 29.0 Å². The Kier molecular flexibility index (Phi) is 5.50. The SMILES string of the molecule is N#Cc1ccc(C2S[C@@H](O)[C@H](OF)[C@@H](Oc3ccccn3)[C@@H]2O)cc1. The third kappa shape index (κ3) is 3.75. The fourth-order valence-corrected chi connectivity index (χ4v) is 3.93. The van der Waals surface area contributed by atoms with Crippen LogP contribution in [-0.4, -0.2) is 38.9 Å². The maximum atomic E-state index is 13.0. The van der Waals surface area contributed by atoms with Gasteiger partial charge in [-0.05, 0) is 28.3 Å². The minimum Gasteiger partial charge on any atom is -0.468 e. The Bertz CT molecular complexity index is 741. The average molecular weight is 362 g/mol. The van der Waals surface area contributed by atoms with Crippen molar-refractivity contribution < 1.29 is 24.4 Å². The summed E-state index contributed by atoms with van der Waals surface area (Å²) in [5.41, 5.74) is -0.0870. The van der Waals surface area contributed by atoms with E-state index in [9.17, 15) is 14.7 Å². The van der Waals surface area contributed by atoms with Crippen LogP contribution in [0.4, 0.5) is 4.53 Å². The minimum atomic E-state index is -1.36. The number of rotatable bonds is 4. The zero-order chi connectivity index (χ0) is 17.8. The molecule has 0 amide bonds. The Labute approximate surface area is 147 Å². The summed E-state index contributed by atoms with van der Waals surface area (Å²) in [5, 5.41) is 29.2. The number of hydrogen-bond acceptors (Lipinski definition) is 7. The van der Waals surface area contributed by atoms with E-state index in [0.717, 1.165) is 11.8 Å². The van der Waals surface area contributed by atoms with Crippen LogP contribution in [0.5, 0.6) is 5.88 Å². The second-order valence-electron chi connectivity index (χ2n) is 5.48. The summed E-state index contributed by atoms with van der Waals surface area (Å²) in [6.07, 6.45) is -2.18. The molecule has 0 aliphatic carbocycles. The van der Waals surface area contributed by atoms with Crippen molar-refractivity contribution in [3.8, 4) is 11.9 Å². The van der Waals surface area contributed by atoms with Crippen molar-refractivity contribution in [2.75, 3.05) is 0 Å². The van der Waals surface area contributed by atoms with E-state index in [1.165, 1.54) is 6.20 Å². The number of nitriles is 1. The molecule has 2 aromatic rings. The lowest BCUT2D eigenvalue weighted by molar-refractivity contribution is -0.236. The molecule has 3 rings (SSSR count). The highest BCUT2D eigenvalue weighted by Crippen LogP contribution is 2.44. The van der Waals surface area contributed by atoms with Gasteiger partial charge < -0.3 is 14.9 Å². The molecular formula is C17H15FN2O4S. The molecule has 0 spiro atoms. The molecule has 1 fully saturated rings. The highest BCUT2D eigenvalue weighted by Gasteiger charge is 2.48. The number of aromatic nitrogens is 1. The molecule has 5 atom stereocenters. The Morgan fingerprint density at radius 1 is 1.12 bits per heavy atom. The summed E-state index contributed by atoms with van der Waals surface area (Å²) in [7, 11) is 0. The molecule has 1 aromatic heterocycles. The summed E-state index contributed by atoms with van der Waals surface area (Å²) in [6, 6.07) is 13.5. The van der Waals surface area contributed by atoms with E-state index in [1.807, 2.05) is 6.07 Å². The minimum absolute atomic E-state index is 0.186. The van der Waals surface area contributed by atoms with Gasteiger partial charge in [-0.2, -0.15) is 10.2 Å². The molecule has 2 heterocycles. The highest BCUT2D eigenvalue weighted by atomic mass is 32.2. The van der Waals surface area contributed by atoms with Gasteiger partial charge >= 0.3 is 0 Å². The van der Waals surface area contributed by atoms with Gasteiger partial charge in [0.25, 0.3) is 0 Å². The molecule has 1 saturated heterocycles. The predicted molar refractivity (Wildman–Crippen MR) is 88.1 cm³/mol. The fourth-order valence-electron chi connectivity index (χ4n) is 2.65. The monoisotopic (exact) mass is 362 g/mol. The lowest BCUT2D eigenvalue weighted by Gasteiger charge is -2.40. The molecule has 1 aliphatic heterocycles. The molecule has 0 bridgehead atoms. The predicted octanol–water partition coefficient (Wildman–Crippen LogP) is 2.14. The van der Waals surface area contributed by atoms with Gasteiger partial charge in [0, 0.05) is 12.3 Å². The Hall–Kier alpha value is -2.18. The van der Waals surface area contributed by atoms with Crippen LogP contribution < -0.4 is 4.74 Å². The second-order valence-corrected chi connectivity index (χ2v) is 6.74. The smallest absolute Gasteiger partial charge is 0.213 e. The van der Waals surface area contributed by atoms with Crippen LogP contribution >= 0.6 is 11.8 Å². The molecule has 2 N–H and O–H groups in total. The Morgan fingerprint density at radius 2 is 1.88 bits per heavy atom. The summed E-state index contributed by atoms with van der Waals surface area (Å²) >= 11 is 0.965. The molecule has 1 aromatic carbocycles. The van der Waals surface area contributed by atoms with E-state index >= 15 is 0 Å². The van der Waals surface area contributed by atoms with Crippen LogP contribution in [0.1, 0.15) is 16.4 Å². The molecule has 8 heteroatoms. The first kappa shape index (κ1) is 17.6. The number of halogens is 1. The molecular weight excluding hydrogens is 347 g/mol. The van der Waals surface area contributed by atoms with Gasteiger partial charge in [-0.15, -0.1) is 11.8 Å². The average Bonchev–Trinajstić information content (AvgIpc) is 2.65. The van der Waals surface area contributed by atoms with Crippen molar-refractivity contribution in [2.45, 2.75) is 29.0 Å². The number of ether oxygens (including phenoxy) is 1. The summed E-state index contributed by atoms with van der Waals surface area (Å²) in [5.74, 6) is 0.186. The number of aliphatic hydroxyl groups excluding tert-OH is 2. The lowest BCUT2D eigenvalue weighted by atomic mass is 9.98. The van der Waals surface area contributed by atoms with Crippen LogP contribution in [0.2, 0.25) is 0 Å². The van der Waals surface area contributed by atoms with Crippen molar-refractivity contribution in [3.63, 3.8) is 0 Å². The van der Waals surface area contributed by atoms with E-state index in [4.69, 9.17) is 10.00 Å². The highest BCUT2D eigenvalue weighted by molar-refractivity contribution is 8.00. The quantitative estimate of drug-likeness (QED) is 0.860. The Morgan fingerprint density at radius 3 is 2.48 bits per heavy atom. The molecule has 25 heavy (non-hydrogen) atoms. The topological polar surface area (TPSA) is 95.6 Å². The second kappa shape index (κ2) is 7.80. The van der Waals surface area contributed by atoms with Crippen molar-refractivity contribution in [1.82, 2.24) is 4.98 Å². The molecule has 0 radical (unpaired) electrons. The van der Waals surface area contributed by atoms with Crippen LogP contribution in [0.25, 0.3) is 0 Å². The number of hydrogen-bond donors (Lipinski definition) is 2. The van der Waals surface area contributed by atoms with Crippen molar-refractivity contribution >= 4 is 11.8 Å². The number of aliphatic hydroxyl groups is 2. The molecule has 0 saturated carbocycles. The standard InChI is InChI=1S/C17H15FN2O4S/c18-24-15-14(23-12-3-1-2-8-20-12)13(21)16(25-17(15)22)11-6-4-10(9-19)5-7-11/h1-8,13-17,21-22H/t13-,14-,15+,16?,17+/m0/s1. The van der Waals surface area contributed by atoms with Crippen LogP contribution in [-0.2, 0) is 4.94 Å². The van der Waals surface area contributed by atoms with Gasteiger partial charge in [0.1, 0.15) is 11.5 Å². The summed E-state index contributed by atoms with van der Waals surface area (Å²) in [6.45, 7) is 0. The van der Waals surface area contributed by atoms with Crippen LogP contribution in [0.15, 0.2) is 48.7 Å². The normalized spacial score (nSPS) is 29.0. The molecule has 1 unspecified atom stereocenters. The first-order chi connectivity index (χ1) is 12.1. The van der Waals surface area contributed by atoms with Crippen molar-refractivity contribution in [3.05, 3.63) is 59.8 Å². The number of pyridine rings is 1. The third-order valence-electron chi connectivity index (χ3n) is 3.90. The van der Waals surface area contributed by atoms with Crippen LogP contribution in [0, 0.1) is 11.3 Å².